The van der Waals surface area contributed by atoms with E-state index < -0.39 is 16.1 Å². The number of hydrogen-bond acceptors (Lipinski definition) is 3. The van der Waals surface area contributed by atoms with Crippen molar-refractivity contribution in [3.63, 3.8) is 0 Å². The Labute approximate surface area is 160 Å². The lowest BCUT2D eigenvalue weighted by Crippen LogP contribution is -2.48. The van der Waals surface area contributed by atoms with Gasteiger partial charge in [0.05, 0.1) is 18.0 Å². The van der Waals surface area contributed by atoms with Gasteiger partial charge in [0.25, 0.3) is 0 Å². The van der Waals surface area contributed by atoms with Crippen molar-refractivity contribution in [2.75, 3.05) is 10.6 Å². The number of nitrogens with zero attached hydrogens (tertiary/aromatic N) is 1. The van der Waals surface area contributed by atoms with E-state index in [9.17, 15) is 13.2 Å². The Morgan fingerprint density at radius 3 is 2.19 bits per heavy atom. The summed E-state index contributed by atoms with van der Waals surface area (Å²) >= 11 is 5.88. The van der Waals surface area contributed by atoms with Gasteiger partial charge in [-0.05, 0) is 43.2 Å². The molecule has 0 heterocycles. The first-order chi connectivity index (χ1) is 12.2. The van der Waals surface area contributed by atoms with Gasteiger partial charge in [0.1, 0.15) is 6.04 Å². The van der Waals surface area contributed by atoms with E-state index in [1.165, 1.54) is 0 Å². The molecular weight excluding hydrogens is 372 g/mol. The Morgan fingerprint density at radius 1 is 1.12 bits per heavy atom. The first kappa shape index (κ1) is 20.3. The molecule has 0 spiro atoms. The predicted molar refractivity (Wildman–Crippen MR) is 106 cm³/mol. The summed E-state index contributed by atoms with van der Waals surface area (Å²) in [4.78, 5) is 12.8. The van der Waals surface area contributed by atoms with Crippen LogP contribution >= 0.6 is 11.6 Å². The van der Waals surface area contributed by atoms with Gasteiger partial charge in [0.2, 0.25) is 15.9 Å². The van der Waals surface area contributed by atoms with Crippen molar-refractivity contribution < 1.29 is 13.2 Å². The van der Waals surface area contributed by atoms with Crippen LogP contribution in [0.1, 0.15) is 31.9 Å². The maximum atomic E-state index is 12.8. The topological polar surface area (TPSA) is 66.5 Å². The molecule has 0 bridgehead atoms. The summed E-state index contributed by atoms with van der Waals surface area (Å²) in [6.45, 7) is 3.54. The van der Waals surface area contributed by atoms with Crippen LogP contribution in [0.3, 0.4) is 0 Å². The summed E-state index contributed by atoms with van der Waals surface area (Å²) in [6, 6.07) is 14.9. The molecule has 2 rings (SSSR count). The molecule has 0 unspecified atom stereocenters. The van der Waals surface area contributed by atoms with Crippen LogP contribution in [0.25, 0.3) is 0 Å². The number of amides is 1. The minimum absolute atomic E-state index is 0.183. The third kappa shape index (κ3) is 4.99. The van der Waals surface area contributed by atoms with Crippen LogP contribution in [0.2, 0.25) is 5.02 Å². The molecule has 2 aromatic carbocycles. The smallest absolute Gasteiger partial charge is 0.244 e. The zero-order valence-electron chi connectivity index (χ0n) is 15.0. The highest BCUT2D eigenvalue weighted by molar-refractivity contribution is 7.92. The van der Waals surface area contributed by atoms with E-state index in [1.807, 2.05) is 37.3 Å². The van der Waals surface area contributed by atoms with Crippen LogP contribution in [-0.2, 0) is 14.8 Å². The van der Waals surface area contributed by atoms with Crippen LogP contribution < -0.4 is 9.62 Å². The van der Waals surface area contributed by atoms with Gasteiger partial charge in [-0.15, -0.1) is 0 Å². The molecular formula is C19H23ClN2O3S. The number of carbonyl (C=O) groups is 1. The molecule has 1 N–H and O–H groups in total. The Kier molecular flexibility index (Phi) is 6.67. The van der Waals surface area contributed by atoms with Crippen molar-refractivity contribution in [2.24, 2.45) is 0 Å². The number of hydrogen-bond donors (Lipinski definition) is 1. The Hall–Kier alpha value is -2.05. The first-order valence-corrected chi connectivity index (χ1v) is 10.6. The molecule has 0 aliphatic rings. The Bertz CT molecular complexity index is 839. The largest absolute Gasteiger partial charge is 0.347 e. The van der Waals surface area contributed by atoms with Crippen molar-refractivity contribution in [1.82, 2.24) is 5.32 Å². The van der Waals surface area contributed by atoms with E-state index >= 15 is 0 Å². The molecule has 5 nitrogen and oxygen atoms in total. The monoisotopic (exact) mass is 394 g/mol. The number of benzene rings is 2. The van der Waals surface area contributed by atoms with Gasteiger partial charge in [0.15, 0.2) is 0 Å². The highest BCUT2D eigenvalue weighted by Crippen LogP contribution is 2.24. The summed E-state index contributed by atoms with van der Waals surface area (Å²) in [5.41, 5.74) is 1.38. The van der Waals surface area contributed by atoms with Crippen LogP contribution in [0, 0.1) is 0 Å². The fourth-order valence-electron chi connectivity index (χ4n) is 2.80. The van der Waals surface area contributed by atoms with Crippen LogP contribution in [0.15, 0.2) is 54.6 Å². The van der Waals surface area contributed by atoms with Gasteiger partial charge in [-0.25, -0.2) is 8.42 Å². The maximum absolute atomic E-state index is 12.8. The van der Waals surface area contributed by atoms with E-state index in [1.54, 1.807) is 31.2 Å². The molecule has 0 saturated carbocycles. The van der Waals surface area contributed by atoms with E-state index in [4.69, 9.17) is 11.6 Å². The third-order valence-electron chi connectivity index (χ3n) is 4.10. The fourth-order valence-corrected chi connectivity index (χ4v) is 4.10. The minimum Gasteiger partial charge on any atom is -0.347 e. The van der Waals surface area contributed by atoms with Crippen molar-refractivity contribution in [3.8, 4) is 0 Å². The number of halogens is 1. The standard InChI is InChI=1S/C19H23ClN2O3S/c1-4-18(15-8-6-5-7-9-15)21-19(23)14(2)22(26(3,24)25)17-12-10-16(20)11-13-17/h5-14,18H,4H2,1-3H3,(H,21,23)/t14-,18-/m1/s1. The Balaban J connectivity index is 2.26. The number of carbonyl (C=O) groups excluding carboxylic acids is 1. The average Bonchev–Trinajstić information content (AvgIpc) is 2.60. The van der Waals surface area contributed by atoms with Crippen LogP contribution in [0.5, 0.6) is 0 Å². The van der Waals surface area contributed by atoms with Crippen LogP contribution in [0.4, 0.5) is 5.69 Å². The van der Waals surface area contributed by atoms with Gasteiger partial charge in [-0.1, -0.05) is 48.9 Å². The van der Waals surface area contributed by atoms with Gasteiger partial charge in [0, 0.05) is 5.02 Å². The number of rotatable bonds is 7. The van der Waals surface area contributed by atoms with E-state index in [0.717, 1.165) is 16.1 Å². The van der Waals surface area contributed by atoms with Gasteiger partial charge >= 0.3 is 0 Å². The van der Waals surface area contributed by atoms with Crippen molar-refractivity contribution in [2.45, 2.75) is 32.4 Å². The second-order valence-corrected chi connectivity index (χ2v) is 8.39. The number of anilines is 1. The van der Waals surface area contributed by atoms with E-state index in [-0.39, 0.29) is 11.9 Å². The molecule has 140 valence electrons. The molecule has 0 aliphatic carbocycles. The molecule has 0 radical (unpaired) electrons. The quantitative estimate of drug-likeness (QED) is 0.777. The van der Waals surface area contributed by atoms with Gasteiger partial charge in [-0.2, -0.15) is 0 Å². The van der Waals surface area contributed by atoms with E-state index in [0.29, 0.717) is 17.1 Å². The molecule has 1 amide bonds. The Morgan fingerprint density at radius 2 is 1.69 bits per heavy atom. The zero-order valence-corrected chi connectivity index (χ0v) is 16.6. The molecule has 2 aromatic rings. The van der Waals surface area contributed by atoms with Crippen molar-refractivity contribution >= 4 is 33.2 Å². The SMILES string of the molecule is CC[C@@H](NC(=O)[C@@H](C)N(c1ccc(Cl)cc1)S(C)(=O)=O)c1ccccc1. The number of sulfonamides is 1. The normalized spacial score (nSPS) is 13.7. The molecule has 7 heteroatoms. The second kappa shape index (κ2) is 8.56. The first-order valence-electron chi connectivity index (χ1n) is 8.34. The highest BCUT2D eigenvalue weighted by Gasteiger charge is 2.30. The summed E-state index contributed by atoms with van der Waals surface area (Å²) in [5.74, 6) is -0.360. The summed E-state index contributed by atoms with van der Waals surface area (Å²) in [5, 5.41) is 3.44. The zero-order chi connectivity index (χ0) is 19.3. The van der Waals surface area contributed by atoms with Crippen molar-refractivity contribution in [3.05, 3.63) is 65.2 Å². The lowest BCUT2D eigenvalue weighted by molar-refractivity contribution is -0.122. The fraction of sp³-hybridized carbons (Fsp3) is 0.316. The number of nitrogens with one attached hydrogen (secondary N) is 1. The highest BCUT2D eigenvalue weighted by atomic mass is 35.5. The average molecular weight is 395 g/mol. The molecule has 26 heavy (non-hydrogen) atoms. The maximum Gasteiger partial charge on any atom is 0.244 e. The van der Waals surface area contributed by atoms with Gasteiger partial charge < -0.3 is 5.32 Å². The third-order valence-corrected chi connectivity index (χ3v) is 5.59. The molecule has 0 aliphatic heterocycles. The summed E-state index contributed by atoms with van der Waals surface area (Å²) < 4.78 is 25.7. The van der Waals surface area contributed by atoms with E-state index in [2.05, 4.69) is 5.32 Å². The van der Waals surface area contributed by atoms with Crippen LogP contribution in [-0.4, -0.2) is 26.6 Å². The summed E-state index contributed by atoms with van der Waals surface area (Å²) in [7, 11) is -3.65. The van der Waals surface area contributed by atoms with Gasteiger partial charge in [-0.3, -0.25) is 9.10 Å². The molecule has 0 fully saturated rings. The predicted octanol–water partition coefficient (Wildman–Crippen LogP) is 3.76. The van der Waals surface area contributed by atoms with Crippen molar-refractivity contribution in [1.29, 1.82) is 0 Å². The molecule has 0 aromatic heterocycles. The lowest BCUT2D eigenvalue weighted by atomic mass is 10.0. The molecule has 0 saturated heterocycles. The second-order valence-electron chi connectivity index (χ2n) is 6.09. The minimum atomic E-state index is -3.65. The lowest BCUT2D eigenvalue weighted by Gasteiger charge is -2.29. The molecule has 2 atom stereocenters. The summed E-state index contributed by atoms with van der Waals surface area (Å²) in [6.07, 6.45) is 1.78.